The molecule has 0 amide bonds. The number of carbonyl (C=O) groups is 5. The average molecular weight is 756 g/mol. The Kier molecular flexibility index (Phi) is 49.5. The van der Waals surface area contributed by atoms with Gasteiger partial charge in [-0.1, -0.05) is 102 Å². The number of hydrogen-bond acceptors (Lipinski definition) is 11. The standard InChI is InChI=1S/C12H22O2.C11H12O2.C6H10O3.C6H10O2.C4H6O2.3H3N/c1-4-6-7-11(5-2)9-8-10(3)12(13)14;1-9(2)11(12)13-8-10-6-4-3-5-7-10;1-5(6(8)9)3-2-4-7;1-4-8-6(7)5(2)3;1-3(2)4(5)6;;;/h8,11H,4-7,9H2,1-3H3,(H,13,14);3-7H,1,8H2,2H3;3,7H,2,4H2,1H3,(H,8,9);2,4H2,1,3H3;1H2,2H3,(H,5,6);3*1H3. The molecule has 13 N–H and O–H groups in total. The second-order valence-electron chi connectivity index (χ2n) is 11.0. The highest BCUT2D eigenvalue weighted by molar-refractivity contribution is 5.87. The lowest BCUT2D eigenvalue weighted by atomic mass is 9.95. The van der Waals surface area contributed by atoms with Gasteiger partial charge in [0, 0.05) is 34.5 Å². The van der Waals surface area contributed by atoms with Gasteiger partial charge in [-0.15, -0.1) is 0 Å². The third-order valence-corrected chi connectivity index (χ3v) is 6.11. The minimum absolute atomic E-state index is 0. The summed E-state index contributed by atoms with van der Waals surface area (Å²) in [6, 6.07) is 9.55. The summed E-state index contributed by atoms with van der Waals surface area (Å²) in [5.74, 6) is -2.66. The number of carboxylic acid groups (broad SMARTS) is 3. The molecule has 0 heterocycles. The van der Waals surface area contributed by atoms with Gasteiger partial charge in [-0.3, -0.25) is 0 Å². The maximum Gasteiger partial charge on any atom is 0.333 e. The summed E-state index contributed by atoms with van der Waals surface area (Å²) in [6.45, 7) is 24.8. The number of allylic oxidation sites excluding steroid dienone is 1. The fraction of sp³-hybridized carbons (Fsp3) is 0.462. The van der Waals surface area contributed by atoms with E-state index in [1.807, 2.05) is 36.4 Å². The topological polar surface area (TPSA) is 290 Å². The maximum atomic E-state index is 11.0. The van der Waals surface area contributed by atoms with E-state index in [0.29, 0.717) is 42.3 Å². The molecule has 14 heteroatoms. The van der Waals surface area contributed by atoms with E-state index in [9.17, 15) is 24.0 Å². The summed E-state index contributed by atoms with van der Waals surface area (Å²) >= 11 is 0. The number of rotatable bonds is 16. The number of unbranched alkanes of at least 4 members (excludes halogenated alkanes) is 1. The molecule has 0 spiro atoms. The van der Waals surface area contributed by atoms with Gasteiger partial charge < -0.3 is 48.4 Å². The number of hydrogen-bond donors (Lipinski definition) is 7. The first-order chi connectivity index (χ1) is 23.3. The highest BCUT2D eigenvalue weighted by Gasteiger charge is 2.06. The third kappa shape index (κ3) is 45.1. The Balaban J connectivity index is -0.000000101. The first kappa shape index (κ1) is 63.2. The fourth-order valence-corrected chi connectivity index (χ4v) is 2.88. The van der Waals surface area contributed by atoms with Gasteiger partial charge in [-0.2, -0.15) is 0 Å². The predicted molar refractivity (Wildman–Crippen MR) is 212 cm³/mol. The fourth-order valence-electron chi connectivity index (χ4n) is 2.88. The molecule has 0 aliphatic heterocycles. The van der Waals surface area contributed by atoms with E-state index in [4.69, 9.17) is 25.2 Å². The van der Waals surface area contributed by atoms with E-state index in [2.05, 4.69) is 38.3 Å². The van der Waals surface area contributed by atoms with Crippen molar-refractivity contribution >= 4 is 29.8 Å². The molecule has 0 fully saturated rings. The third-order valence-electron chi connectivity index (χ3n) is 6.11. The normalized spacial score (nSPS) is 10.1. The van der Waals surface area contributed by atoms with Crippen LogP contribution < -0.4 is 18.5 Å². The minimum Gasteiger partial charge on any atom is -0.478 e. The maximum absolute atomic E-state index is 11.0. The molecule has 0 saturated heterocycles. The van der Waals surface area contributed by atoms with Crippen LogP contribution in [-0.4, -0.2) is 63.5 Å². The molecular weight excluding hydrogens is 686 g/mol. The molecule has 1 aromatic rings. The second kappa shape index (κ2) is 41.5. The smallest absolute Gasteiger partial charge is 0.333 e. The Labute approximate surface area is 317 Å². The number of carboxylic acids is 3. The van der Waals surface area contributed by atoms with E-state index in [1.54, 1.807) is 27.7 Å². The summed E-state index contributed by atoms with van der Waals surface area (Å²) in [4.78, 5) is 51.6. The molecular formula is C39H69N3O11. The van der Waals surface area contributed by atoms with E-state index in [0.717, 1.165) is 18.4 Å². The summed E-state index contributed by atoms with van der Waals surface area (Å²) in [5, 5.41) is 33.1. The van der Waals surface area contributed by atoms with Crippen LogP contribution in [-0.2, 0) is 40.1 Å². The van der Waals surface area contributed by atoms with Crippen LogP contribution in [0, 0.1) is 5.92 Å². The van der Waals surface area contributed by atoms with Crippen molar-refractivity contribution in [2.45, 2.75) is 101 Å². The van der Waals surface area contributed by atoms with Crippen LogP contribution in [0.3, 0.4) is 0 Å². The number of aliphatic hydroxyl groups excluding tert-OH is 1. The zero-order valence-electron chi connectivity index (χ0n) is 33.4. The Morgan fingerprint density at radius 1 is 0.698 bits per heavy atom. The summed E-state index contributed by atoms with van der Waals surface area (Å²) in [5.41, 5.74) is 2.79. The van der Waals surface area contributed by atoms with E-state index >= 15 is 0 Å². The van der Waals surface area contributed by atoms with Crippen LogP contribution in [0.2, 0.25) is 0 Å². The second-order valence-corrected chi connectivity index (χ2v) is 11.0. The van der Waals surface area contributed by atoms with Gasteiger partial charge >= 0.3 is 29.8 Å². The number of aliphatic hydroxyl groups is 1. The van der Waals surface area contributed by atoms with Crippen LogP contribution in [0.5, 0.6) is 0 Å². The lowest BCUT2D eigenvalue weighted by Gasteiger charge is -2.11. The molecule has 0 aromatic heterocycles. The Morgan fingerprint density at radius 3 is 1.45 bits per heavy atom. The Morgan fingerprint density at radius 2 is 1.13 bits per heavy atom. The molecule has 1 unspecified atom stereocenters. The van der Waals surface area contributed by atoms with Crippen molar-refractivity contribution in [1.29, 1.82) is 0 Å². The van der Waals surface area contributed by atoms with E-state index in [1.165, 1.54) is 39.2 Å². The highest BCUT2D eigenvalue weighted by atomic mass is 16.5. The molecule has 0 saturated carbocycles. The largest absolute Gasteiger partial charge is 0.478 e. The zero-order valence-corrected chi connectivity index (χ0v) is 33.4. The number of ether oxygens (including phenoxy) is 2. The molecule has 0 aliphatic carbocycles. The van der Waals surface area contributed by atoms with E-state index in [-0.39, 0.29) is 48.1 Å². The number of benzene rings is 1. The summed E-state index contributed by atoms with van der Waals surface area (Å²) in [7, 11) is 0. The summed E-state index contributed by atoms with van der Waals surface area (Å²) < 4.78 is 9.52. The van der Waals surface area contributed by atoms with Crippen molar-refractivity contribution in [3.05, 3.63) is 95.6 Å². The predicted octanol–water partition coefficient (Wildman–Crippen LogP) is 8.59. The monoisotopic (exact) mass is 755 g/mol. The molecule has 0 bridgehead atoms. The SMILES string of the molecule is C=C(C)C(=O)O.C=C(C)C(=O)OCC.C=C(C)C(=O)OCc1ccccc1.CC(=CCCO)C(=O)O.CCCCC(CC)CC=C(C)C(=O)O.N.N.N. The molecule has 53 heavy (non-hydrogen) atoms. The van der Waals surface area contributed by atoms with Crippen LogP contribution in [0.15, 0.2) is 90.1 Å². The van der Waals surface area contributed by atoms with Gasteiger partial charge in [0.1, 0.15) is 6.61 Å². The lowest BCUT2D eigenvalue weighted by Crippen LogP contribution is -2.04. The lowest BCUT2D eigenvalue weighted by molar-refractivity contribution is -0.140. The van der Waals surface area contributed by atoms with Gasteiger partial charge in [0.2, 0.25) is 0 Å². The van der Waals surface area contributed by atoms with Crippen molar-refractivity contribution in [3.63, 3.8) is 0 Å². The first-order valence-electron chi connectivity index (χ1n) is 16.3. The van der Waals surface area contributed by atoms with Crippen molar-refractivity contribution in [2.24, 2.45) is 5.92 Å². The molecule has 1 atom stereocenters. The molecule has 0 aliphatic rings. The van der Waals surface area contributed by atoms with Crippen molar-refractivity contribution in [1.82, 2.24) is 18.5 Å². The number of aliphatic carboxylic acids is 3. The molecule has 1 aromatic carbocycles. The summed E-state index contributed by atoms with van der Waals surface area (Å²) in [6.07, 6.45) is 9.50. The van der Waals surface area contributed by atoms with Crippen molar-refractivity contribution in [3.8, 4) is 0 Å². The number of carbonyl (C=O) groups excluding carboxylic acids is 2. The zero-order chi connectivity index (χ0) is 39.7. The van der Waals surface area contributed by atoms with Crippen LogP contribution in [0.25, 0.3) is 0 Å². The molecule has 14 nitrogen and oxygen atoms in total. The van der Waals surface area contributed by atoms with Gasteiger partial charge in [0.05, 0.1) is 6.61 Å². The van der Waals surface area contributed by atoms with E-state index < -0.39 is 17.9 Å². The van der Waals surface area contributed by atoms with Crippen LogP contribution in [0.4, 0.5) is 0 Å². The Bertz CT molecular complexity index is 1250. The number of esters is 2. The molecule has 306 valence electrons. The van der Waals surface area contributed by atoms with Gasteiger partial charge in [-0.25, -0.2) is 24.0 Å². The molecule has 0 radical (unpaired) electrons. The van der Waals surface area contributed by atoms with Gasteiger partial charge in [-0.05, 0) is 65.9 Å². The van der Waals surface area contributed by atoms with Crippen LogP contribution in [0.1, 0.15) is 99.5 Å². The van der Waals surface area contributed by atoms with Gasteiger partial charge in [0.25, 0.3) is 0 Å². The van der Waals surface area contributed by atoms with Crippen molar-refractivity contribution < 1.29 is 53.9 Å². The highest BCUT2D eigenvalue weighted by Crippen LogP contribution is 2.18. The first-order valence-corrected chi connectivity index (χ1v) is 16.3. The van der Waals surface area contributed by atoms with Crippen molar-refractivity contribution in [2.75, 3.05) is 13.2 Å². The quantitative estimate of drug-likeness (QED) is 0.0614. The molecule has 1 rings (SSSR count). The van der Waals surface area contributed by atoms with Gasteiger partial charge in [0.15, 0.2) is 0 Å². The average Bonchev–Trinajstić information content (AvgIpc) is 3.07. The minimum atomic E-state index is -0.935. The Hall–Kier alpha value is -4.89. The van der Waals surface area contributed by atoms with Crippen LogP contribution >= 0.6 is 0 Å².